The summed E-state index contributed by atoms with van der Waals surface area (Å²) in [6.07, 6.45) is 1.59. The molecular formula is C17H24ClFN2O2. The van der Waals surface area contributed by atoms with Gasteiger partial charge in [0.1, 0.15) is 11.4 Å². The summed E-state index contributed by atoms with van der Waals surface area (Å²) in [5.74, 6) is -0.280. The fraction of sp³-hybridized carbons (Fsp3) is 0.588. The number of nitrogens with zero attached hydrogens (tertiary/aromatic N) is 1. The molecule has 128 valence electrons. The molecule has 1 saturated heterocycles. The van der Waals surface area contributed by atoms with Gasteiger partial charge in [-0.25, -0.2) is 9.18 Å². The molecule has 0 radical (unpaired) electrons. The average molecular weight is 343 g/mol. The van der Waals surface area contributed by atoms with Gasteiger partial charge in [-0.1, -0.05) is 11.6 Å². The van der Waals surface area contributed by atoms with Crippen LogP contribution in [0.4, 0.5) is 9.18 Å². The molecule has 1 aliphatic rings. The monoisotopic (exact) mass is 342 g/mol. The summed E-state index contributed by atoms with van der Waals surface area (Å²) >= 11 is 5.89. The van der Waals surface area contributed by atoms with Gasteiger partial charge in [0, 0.05) is 36.3 Å². The minimum absolute atomic E-state index is 0.0760. The normalized spacial score (nSPS) is 18.3. The molecule has 1 unspecified atom stereocenters. The molecule has 1 atom stereocenters. The molecule has 6 heteroatoms. The van der Waals surface area contributed by atoms with Crippen LogP contribution in [0.25, 0.3) is 0 Å². The lowest BCUT2D eigenvalue weighted by atomic mass is 10.2. The Hall–Kier alpha value is -1.33. The summed E-state index contributed by atoms with van der Waals surface area (Å²) in [7, 11) is 0. The standard InChI is InChI=1S/C17H24ClFN2O2/c1-17(2,3)23-16(22)21-8-4-5-14(21)11-20-10-12-9-13(18)6-7-15(12)19/h6-7,9,14,20H,4-5,8,10-11H2,1-3H3. The van der Waals surface area contributed by atoms with Gasteiger partial charge in [0.25, 0.3) is 0 Å². The van der Waals surface area contributed by atoms with Crippen LogP contribution in [0, 0.1) is 5.82 Å². The van der Waals surface area contributed by atoms with Crippen LogP contribution in [-0.2, 0) is 11.3 Å². The van der Waals surface area contributed by atoms with Crippen LogP contribution in [0.2, 0.25) is 5.02 Å². The Morgan fingerprint density at radius 2 is 2.22 bits per heavy atom. The number of carbonyl (C=O) groups is 1. The number of ether oxygens (including phenoxy) is 1. The van der Waals surface area contributed by atoms with Crippen LogP contribution in [-0.4, -0.2) is 35.7 Å². The average Bonchev–Trinajstić information content (AvgIpc) is 2.89. The van der Waals surface area contributed by atoms with Crippen molar-refractivity contribution in [3.8, 4) is 0 Å². The molecule has 1 amide bonds. The maximum atomic E-state index is 13.7. The zero-order chi connectivity index (χ0) is 17.0. The molecule has 1 fully saturated rings. The maximum Gasteiger partial charge on any atom is 0.410 e. The Balaban J connectivity index is 1.87. The molecule has 0 aromatic heterocycles. The number of benzene rings is 1. The first kappa shape index (κ1) is 18.0. The fourth-order valence-electron chi connectivity index (χ4n) is 2.66. The highest BCUT2D eigenvalue weighted by atomic mass is 35.5. The number of nitrogens with one attached hydrogen (secondary N) is 1. The molecule has 1 aromatic rings. The van der Waals surface area contributed by atoms with Crippen molar-refractivity contribution in [1.29, 1.82) is 0 Å². The van der Waals surface area contributed by atoms with Crippen LogP contribution >= 0.6 is 11.6 Å². The largest absolute Gasteiger partial charge is 0.444 e. The first-order valence-electron chi connectivity index (χ1n) is 7.90. The Morgan fingerprint density at radius 1 is 1.48 bits per heavy atom. The molecule has 23 heavy (non-hydrogen) atoms. The Labute approximate surface area is 141 Å². The van der Waals surface area contributed by atoms with Crippen molar-refractivity contribution in [2.24, 2.45) is 0 Å². The van der Waals surface area contributed by atoms with Crippen LogP contribution in [0.3, 0.4) is 0 Å². The number of hydrogen-bond donors (Lipinski definition) is 1. The molecule has 0 spiro atoms. The highest BCUT2D eigenvalue weighted by Gasteiger charge is 2.31. The number of amides is 1. The lowest BCUT2D eigenvalue weighted by molar-refractivity contribution is 0.0226. The van der Waals surface area contributed by atoms with E-state index in [9.17, 15) is 9.18 Å². The van der Waals surface area contributed by atoms with Crippen LogP contribution in [0.15, 0.2) is 18.2 Å². The molecule has 4 nitrogen and oxygen atoms in total. The van der Waals surface area contributed by atoms with Crippen LogP contribution in [0.5, 0.6) is 0 Å². The Morgan fingerprint density at radius 3 is 2.91 bits per heavy atom. The van der Waals surface area contributed by atoms with Crippen molar-refractivity contribution in [2.45, 2.75) is 51.8 Å². The predicted molar refractivity (Wildman–Crippen MR) is 89.1 cm³/mol. The summed E-state index contributed by atoms with van der Waals surface area (Å²) in [6, 6.07) is 4.58. The molecule has 1 heterocycles. The van der Waals surface area contributed by atoms with E-state index in [4.69, 9.17) is 16.3 Å². The van der Waals surface area contributed by atoms with Gasteiger partial charge in [-0.3, -0.25) is 0 Å². The molecule has 0 aliphatic carbocycles. The van der Waals surface area contributed by atoms with E-state index in [-0.39, 0.29) is 18.0 Å². The molecule has 0 bridgehead atoms. The first-order valence-corrected chi connectivity index (χ1v) is 8.28. The lowest BCUT2D eigenvalue weighted by Crippen LogP contribution is -2.44. The summed E-state index contributed by atoms with van der Waals surface area (Å²) in [6.45, 7) is 7.26. The molecule has 2 rings (SSSR count). The van der Waals surface area contributed by atoms with Gasteiger partial charge in [-0.2, -0.15) is 0 Å². The third-order valence-electron chi connectivity index (χ3n) is 3.71. The van der Waals surface area contributed by atoms with Gasteiger partial charge >= 0.3 is 6.09 Å². The van der Waals surface area contributed by atoms with Crippen molar-refractivity contribution in [1.82, 2.24) is 10.2 Å². The second kappa shape index (κ2) is 7.49. The van der Waals surface area contributed by atoms with E-state index in [1.807, 2.05) is 20.8 Å². The summed E-state index contributed by atoms with van der Waals surface area (Å²) in [4.78, 5) is 14.0. The summed E-state index contributed by atoms with van der Waals surface area (Å²) < 4.78 is 19.1. The molecule has 0 saturated carbocycles. The van der Waals surface area contributed by atoms with Gasteiger partial charge in [-0.05, 0) is 51.8 Å². The van der Waals surface area contributed by atoms with Crippen molar-refractivity contribution >= 4 is 17.7 Å². The number of hydrogen-bond acceptors (Lipinski definition) is 3. The number of likely N-dealkylation sites (tertiary alicyclic amines) is 1. The zero-order valence-electron chi connectivity index (χ0n) is 13.9. The van der Waals surface area contributed by atoms with Gasteiger partial charge in [0.2, 0.25) is 0 Å². The quantitative estimate of drug-likeness (QED) is 0.900. The zero-order valence-corrected chi connectivity index (χ0v) is 14.6. The minimum Gasteiger partial charge on any atom is -0.444 e. The highest BCUT2D eigenvalue weighted by molar-refractivity contribution is 6.30. The Kier molecular flexibility index (Phi) is 5.87. The number of rotatable bonds is 4. The fourth-order valence-corrected chi connectivity index (χ4v) is 2.86. The number of carbonyl (C=O) groups excluding carboxylic acids is 1. The van der Waals surface area contributed by atoms with Gasteiger partial charge < -0.3 is 15.0 Å². The van der Waals surface area contributed by atoms with E-state index in [2.05, 4.69) is 5.32 Å². The van der Waals surface area contributed by atoms with Crippen molar-refractivity contribution < 1.29 is 13.9 Å². The molecule has 1 aromatic carbocycles. The van der Waals surface area contributed by atoms with E-state index in [1.165, 1.54) is 12.1 Å². The lowest BCUT2D eigenvalue weighted by Gasteiger charge is -2.28. The van der Waals surface area contributed by atoms with Gasteiger partial charge in [0.15, 0.2) is 0 Å². The second-order valence-electron chi connectivity index (χ2n) is 6.84. The third-order valence-corrected chi connectivity index (χ3v) is 3.94. The number of halogens is 2. The first-order chi connectivity index (χ1) is 10.8. The smallest absolute Gasteiger partial charge is 0.410 e. The molecular weight excluding hydrogens is 319 g/mol. The Bertz CT molecular complexity index is 560. The van der Waals surface area contributed by atoms with E-state index in [1.54, 1.807) is 11.0 Å². The predicted octanol–water partition coefficient (Wildman–Crippen LogP) is 3.97. The highest BCUT2D eigenvalue weighted by Crippen LogP contribution is 2.21. The third kappa shape index (κ3) is 5.36. The van der Waals surface area contributed by atoms with E-state index < -0.39 is 5.60 Å². The van der Waals surface area contributed by atoms with Gasteiger partial charge in [-0.15, -0.1) is 0 Å². The summed E-state index contributed by atoms with van der Waals surface area (Å²) in [5, 5.41) is 3.72. The molecule has 1 N–H and O–H groups in total. The minimum atomic E-state index is -0.498. The SMILES string of the molecule is CC(C)(C)OC(=O)N1CCCC1CNCc1cc(Cl)ccc1F. The van der Waals surface area contributed by atoms with Crippen LogP contribution < -0.4 is 5.32 Å². The summed E-state index contributed by atoms with van der Waals surface area (Å²) in [5.41, 5.74) is 0.0287. The maximum absolute atomic E-state index is 13.7. The van der Waals surface area contributed by atoms with Crippen LogP contribution in [0.1, 0.15) is 39.2 Å². The van der Waals surface area contributed by atoms with E-state index in [0.717, 1.165) is 12.8 Å². The van der Waals surface area contributed by atoms with E-state index >= 15 is 0 Å². The van der Waals surface area contributed by atoms with Crippen molar-refractivity contribution in [3.05, 3.63) is 34.6 Å². The van der Waals surface area contributed by atoms with E-state index in [0.29, 0.717) is 30.2 Å². The molecule has 1 aliphatic heterocycles. The van der Waals surface area contributed by atoms with Crippen molar-refractivity contribution in [3.63, 3.8) is 0 Å². The van der Waals surface area contributed by atoms with Gasteiger partial charge in [0.05, 0.1) is 0 Å². The second-order valence-corrected chi connectivity index (χ2v) is 7.27. The van der Waals surface area contributed by atoms with Crippen molar-refractivity contribution in [2.75, 3.05) is 13.1 Å². The topological polar surface area (TPSA) is 41.6 Å².